The van der Waals surface area contributed by atoms with E-state index in [0.717, 1.165) is 12.8 Å². The van der Waals surface area contributed by atoms with Crippen LogP contribution in [0.15, 0.2) is 6.07 Å². The van der Waals surface area contributed by atoms with E-state index in [1.165, 1.54) is 0 Å². The van der Waals surface area contributed by atoms with Crippen LogP contribution in [0.3, 0.4) is 0 Å². The maximum absolute atomic E-state index is 13.4. The molecule has 1 aliphatic rings. The topological polar surface area (TPSA) is 12.0 Å². The van der Waals surface area contributed by atoms with Crippen LogP contribution < -0.4 is 5.32 Å². The van der Waals surface area contributed by atoms with E-state index in [1.807, 2.05) is 0 Å². The van der Waals surface area contributed by atoms with Crippen LogP contribution in [-0.4, -0.2) is 6.54 Å². The van der Waals surface area contributed by atoms with Gasteiger partial charge in [0.15, 0.2) is 23.3 Å². The molecule has 1 aromatic carbocycles. The summed E-state index contributed by atoms with van der Waals surface area (Å²) in [6.45, 7) is 0.599. The molecule has 0 amide bonds. The van der Waals surface area contributed by atoms with E-state index in [2.05, 4.69) is 5.32 Å². The summed E-state index contributed by atoms with van der Waals surface area (Å²) in [4.78, 5) is 0. The Balaban J connectivity index is 0.00000144. The van der Waals surface area contributed by atoms with Gasteiger partial charge in [0.2, 0.25) is 0 Å². The Hall–Kier alpha value is -0.810. The normalized spacial score (nSPS) is 19.9. The number of rotatable bonds is 1. The molecule has 96 valence electrons. The molecular weight excluding hydrogens is 258 g/mol. The lowest BCUT2D eigenvalue weighted by molar-refractivity contribution is 0.363. The predicted octanol–water partition coefficient (Wildman–Crippen LogP) is 3.48. The van der Waals surface area contributed by atoms with Gasteiger partial charge in [0.1, 0.15) is 0 Å². The van der Waals surface area contributed by atoms with Crippen LogP contribution in [0.2, 0.25) is 0 Å². The summed E-state index contributed by atoms with van der Waals surface area (Å²) in [5.41, 5.74) is -0.516. The van der Waals surface area contributed by atoms with E-state index >= 15 is 0 Å². The lowest BCUT2D eigenvalue weighted by Crippen LogP contribution is -2.29. The van der Waals surface area contributed by atoms with Crippen LogP contribution in [-0.2, 0) is 0 Å². The van der Waals surface area contributed by atoms with Crippen molar-refractivity contribution in [2.24, 2.45) is 0 Å². The Labute approximate surface area is 103 Å². The van der Waals surface area contributed by atoms with Gasteiger partial charge in [-0.3, -0.25) is 0 Å². The molecule has 0 radical (unpaired) electrons. The van der Waals surface area contributed by atoms with Gasteiger partial charge in [-0.1, -0.05) is 6.42 Å². The molecule has 1 atom stereocenters. The average molecular weight is 270 g/mol. The maximum Gasteiger partial charge on any atom is 0.166 e. The van der Waals surface area contributed by atoms with Crippen LogP contribution in [0.1, 0.15) is 30.9 Å². The average Bonchev–Trinajstić information content (AvgIpc) is 2.28. The Kier molecular flexibility index (Phi) is 4.77. The Bertz CT molecular complexity index is 379. The SMILES string of the molecule is Cl.Fc1cc(F)c(F)c([C@H]2CCCCN2)c1F. The van der Waals surface area contributed by atoms with Gasteiger partial charge in [-0.2, -0.15) is 0 Å². The summed E-state index contributed by atoms with van der Waals surface area (Å²) in [5, 5.41) is 2.86. The summed E-state index contributed by atoms with van der Waals surface area (Å²) in [6.07, 6.45) is 2.17. The van der Waals surface area contributed by atoms with Crippen LogP contribution in [0.5, 0.6) is 0 Å². The van der Waals surface area contributed by atoms with Crippen molar-refractivity contribution < 1.29 is 17.6 Å². The molecule has 17 heavy (non-hydrogen) atoms. The van der Waals surface area contributed by atoms with E-state index in [-0.39, 0.29) is 18.5 Å². The Morgan fingerprint density at radius 1 is 1.00 bits per heavy atom. The third-order valence-corrected chi connectivity index (χ3v) is 2.80. The minimum atomic E-state index is -1.35. The Morgan fingerprint density at radius 3 is 2.06 bits per heavy atom. The van der Waals surface area contributed by atoms with Crippen molar-refractivity contribution in [3.8, 4) is 0 Å². The minimum absolute atomic E-state index is 0. The van der Waals surface area contributed by atoms with E-state index in [4.69, 9.17) is 0 Å². The zero-order valence-corrected chi connectivity index (χ0v) is 9.72. The first kappa shape index (κ1) is 14.3. The minimum Gasteiger partial charge on any atom is -0.310 e. The van der Waals surface area contributed by atoms with Gasteiger partial charge in [-0.15, -0.1) is 12.4 Å². The van der Waals surface area contributed by atoms with Gasteiger partial charge in [0.25, 0.3) is 0 Å². The molecule has 1 fully saturated rings. The lowest BCUT2D eigenvalue weighted by Gasteiger charge is -2.24. The molecule has 0 unspecified atom stereocenters. The van der Waals surface area contributed by atoms with Crippen molar-refractivity contribution in [3.63, 3.8) is 0 Å². The number of piperidine rings is 1. The monoisotopic (exact) mass is 269 g/mol. The molecule has 0 aromatic heterocycles. The second kappa shape index (κ2) is 5.69. The Morgan fingerprint density at radius 2 is 1.59 bits per heavy atom. The summed E-state index contributed by atoms with van der Waals surface area (Å²) in [7, 11) is 0. The highest BCUT2D eigenvalue weighted by Gasteiger charge is 2.26. The largest absolute Gasteiger partial charge is 0.310 e. The van der Waals surface area contributed by atoms with Crippen LogP contribution in [0.4, 0.5) is 17.6 Å². The fourth-order valence-electron chi connectivity index (χ4n) is 2.00. The molecular formula is C11H12ClF4N. The molecule has 0 saturated carbocycles. The highest BCUT2D eigenvalue weighted by atomic mass is 35.5. The lowest BCUT2D eigenvalue weighted by atomic mass is 9.96. The van der Waals surface area contributed by atoms with E-state index in [0.29, 0.717) is 13.0 Å². The first-order valence-electron chi connectivity index (χ1n) is 5.17. The van der Waals surface area contributed by atoms with Crippen LogP contribution in [0, 0.1) is 23.3 Å². The number of hydrogen-bond donors (Lipinski definition) is 1. The van der Waals surface area contributed by atoms with E-state index in [9.17, 15) is 17.6 Å². The number of hydrogen-bond acceptors (Lipinski definition) is 1. The van der Waals surface area contributed by atoms with Crippen molar-refractivity contribution >= 4 is 12.4 Å². The van der Waals surface area contributed by atoms with E-state index < -0.39 is 34.9 Å². The van der Waals surface area contributed by atoms with Crippen LogP contribution >= 0.6 is 12.4 Å². The summed E-state index contributed by atoms with van der Waals surface area (Å²) >= 11 is 0. The summed E-state index contributed by atoms with van der Waals surface area (Å²) in [5.74, 6) is -5.28. The second-order valence-corrected chi connectivity index (χ2v) is 3.88. The molecule has 1 nitrogen and oxygen atoms in total. The first-order chi connectivity index (χ1) is 7.61. The van der Waals surface area contributed by atoms with Gasteiger partial charge < -0.3 is 5.32 Å². The zero-order chi connectivity index (χ0) is 11.7. The molecule has 1 N–H and O–H groups in total. The van der Waals surface area contributed by atoms with Crippen molar-refractivity contribution in [2.75, 3.05) is 6.54 Å². The van der Waals surface area contributed by atoms with Crippen molar-refractivity contribution in [1.82, 2.24) is 5.32 Å². The number of nitrogens with one attached hydrogen (secondary N) is 1. The van der Waals surface area contributed by atoms with Gasteiger partial charge in [0, 0.05) is 17.7 Å². The van der Waals surface area contributed by atoms with Gasteiger partial charge >= 0.3 is 0 Å². The highest BCUT2D eigenvalue weighted by Crippen LogP contribution is 2.29. The van der Waals surface area contributed by atoms with Gasteiger partial charge in [-0.25, -0.2) is 17.6 Å². The standard InChI is InChI=1S/C11H11F4N.ClH/c12-6-5-7(13)11(15)9(10(6)14)8-3-1-2-4-16-8;/h5,8,16H,1-4H2;1H/t8-;/m1./s1. The summed E-state index contributed by atoms with van der Waals surface area (Å²) in [6, 6.07) is -0.407. The van der Waals surface area contributed by atoms with Crippen LogP contribution in [0.25, 0.3) is 0 Å². The zero-order valence-electron chi connectivity index (χ0n) is 8.90. The third-order valence-electron chi connectivity index (χ3n) is 2.80. The van der Waals surface area contributed by atoms with E-state index in [1.54, 1.807) is 0 Å². The summed E-state index contributed by atoms with van der Waals surface area (Å²) < 4.78 is 52.7. The van der Waals surface area contributed by atoms with Crippen molar-refractivity contribution in [3.05, 3.63) is 34.9 Å². The molecule has 6 heteroatoms. The second-order valence-electron chi connectivity index (χ2n) is 3.88. The highest BCUT2D eigenvalue weighted by molar-refractivity contribution is 5.85. The fraction of sp³-hybridized carbons (Fsp3) is 0.455. The molecule has 2 rings (SSSR count). The van der Waals surface area contributed by atoms with Gasteiger partial charge in [0.05, 0.1) is 0 Å². The quantitative estimate of drug-likeness (QED) is 0.608. The third kappa shape index (κ3) is 2.72. The molecule has 1 aromatic rings. The molecule has 0 aliphatic carbocycles. The maximum atomic E-state index is 13.4. The fourth-order valence-corrected chi connectivity index (χ4v) is 2.00. The van der Waals surface area contributed by atoms with Gasteiger partial charge in [-0.05, 0) is 19.4 Å². The molecule has 0 spiro atoms. The van der Waals surface area contributed by atoms with Crippen molar-refractivity contribution in [2.45, 2.75) is 25.3 Å². The number of halogens is 5. The smallest absolute Gasteiger partial charge is 0.166 e. The van der Waals surface area contributed by atoms with Crippen molar-refractivity contribution in [1.29, 1.82) is 0 Å². The predicted molar refractivity (Wildman–Crippen MR) is 58.1 cm³/mol. The molecule has 0 bridgehead atoms. The molecule has 1 heterocycles. The molecule has 1 saturated heterocycles. The first-order valence-corrected chi connectivity index (χ1v) is 5.17. The number of benzene rings is 1. The molecule has 1 aliphatic heterocycles.